The first-order chi connectivity index (χ1) is 13.8. The summed E-state index contributed by atoms with van der Waals surface area (Å²) in [5.41, 5.74) is 5.90. The second kappa shape index (κ2) is 6.32. The lowest BCUT2D eigenvalue weighted by Crippen LogP contribution is -2.09. The molecule has 0 saturated heterocycles. The number of hydrogen-bond acceptors (Lipinski definition) is 5. The highest BCUT2D eigenvalue weighted by molar-refractivity contribution is 6.14. The second-order valence-corrected chi connectivity index (χ2v) is 6.46. The number of benzene rings is 1. The number of imidazole rings is 1. The molecule has 4 heterocycles. The van der Waals surface area contributed by atoms with Gasteiger partial charge in [0.05, 0.1) is 35.0 Å². The molecule has 0 fully saturated rings. The van der Waals surface area contributed by atoms with E-state index < -0.39 is 0 Å². The zero-order valence-corrected chi connectivity index (χ0v) is 15.1. The molecule has 1 aliphatic heterocycles. The minimum Gasteiger partial charge on any atom is -0.442 e. The SMILES string of the molecule is C#Cc1ccc2c(c1)C(c1ccccn1)=N[C@H](C)c1c(-c3cnco3)ncn1-2. The highest BCUT2D eigenvalue weighted by atomic mass is 16.3. The molecule has 28 heavy (non-hydrogen) atoms. The Balaban J connectivity index is 1.81. The van der Waals surface area contributed by atoms with E-state index in [2.05, 4.69) is 20.9 Å². The molecule has 0 radical (unpaired) electrons. The first-order valence-electron chi connectivity index (χ1n) is 8.83. The minimum absolute atomic E-state index is 0.179. The van der Waals surface area contributed by atoms with Crippen LogP contribution in [0.1, 0.15) is 35.5 Å². The number of pyridine rings is 1. The molecule has 0 bridgehead atoms. The van der Waals surface area contributed by atoms with Crippen molar-refractivity contribution in [2.45, 2.75) is 13.0 Å². The lowest BCUT2D eigenvalue weighted by Gasteiger charge is -2.12. The Labute approximate surface area is 161 Å². The molecular formula is C22H15N5O. The van der Waals surface area contributed by atoms with E-state index in [9.17, 15) is 0 Å². The van der Waals surface area contributed by atoms with Gasteiger partial charge in [-0.1, -0.05) is 12.0 Å². The van der Waals surface area contributed by atoms with Gasteiger partial charge in [0.1, 0.15) is 12.0 Å². The fourth-order valence-corrected chi connectivity index (χ4v) is 3.53. The Hall–Kier alpha value is -3.98. The molecule has 4 aromatic rings. The maximum atomic E-state index is 5.65. The number of terminal acetylenes is 1. The van der Waals surface area contributed by atoms with Crippen molar-refractivity contribution in [3.05, 3.63) is 84.0 Å². The Morgan fingerprint density at radius 1 is 1.18 bits per heavy atom. The van der Waals surface area contributed by atoms with Crippen molar-refractivity contribution >= 4 is 5.71 Å². The van der Waals surface area contributed by atoms with E-state index in [0.717, 1.165) is 39.6 Å². The van der Waals surface area contributed by atoms with Crippen LogP contribution in [0.4, 0.5) is 0 Å². The molecule has 1 atom stereocenters. The third-order valence-electron chi connectivity index (χ3n) is 4.77. The summed E-state index contributed by atoms with van der Waals surface area (Å²) in [6, 6.07) is 11.5. The number of hydrogen-bond donors (Lipinski definition) is 0. The van der Waals surface area contributed by atoms with Gasteiger partial charge in [-0.25, -0.2) is 9.97 Å². The molecule has 1 aromatic carbocycles. The van der Waals surface area contributed by atoms with Crippen LogP contribution < -0.4 is 0 Å². The molecule has 134 valence electrons. The van der Waals surface area contributed by atoms with E-state index in [1.807, 2.05) is 47.9 Å². The van der Waals surface area contributed by atoms with Crippen molar-refractivity contribution in [2.24, 2.45) is 4.99 Å². The lowest BCUT2D eigenvalue weighted by molar-refractivity contribution is 0.568. The summed E-state index contributed by atoms with van der Waals surface area (Å²) >= 11 is 0. The van der Waals surface area contributed by atoms with Gasteiger partial charge in [0.2, 0.25) is 0 Å². The van der Waals surface area contributed by atoms with Gasteiger partial charge in [-0.2, -0.15) is 0 Å². The number of aromatic nitrogens is 4. The first-order valence-corrected chi connectivity index (χ1v) is 8.83. The summed E-state index contributed by atoms with van der Waals surface area (Å²) < 4.78 is 7.53. The quantitative estimate of drug-likeness (QED) is 0.507. The number of nitrogens with zero attached hydrogens (tertiary/aromatic N) is 5. The van der Waals surface area contributed by atoms with Crippen LogP contribution in [-0.2, 0) is 0 Å². The van der Waals surface area contributed by atoms with E-state index in [1.165, 1.54) is 6.39 Å². The zero-order valence-electron chi connectivity index (χ0n) is 15.1. The molecule has 6 heteroatoms. The Morgan fingerprint density at radius 3 is 2.86 bits per heavy atom. The molecule has 0 N–H and O–H groups in total. The zero-order chi connectivity index (χ0) is 19.1. The van der Waals surface area contributed by atoms with Gasteiger partial charge in [-0.3, -0.25) is 14.5 Å². The lowest BCUT2D eigenvalue weighted by atomic mass is 10.0. The summed E-state index contributed by atoms with van der Waals surface area (Å²) in [4.78, 5) is 18.1. The maximum Gasteiger partial charge on any atom is 0.181 e. The van der Waals surface area contributed by atoms with Gasteiger partial charge in [0.15, 0.2) is 12.2 Å². The average Bonchev–Trinajstić information content (AvgIpc) is 3.39. The molecule has 6 nitrogen and oxygen atoms in total. The van der Waals surface area contributed by atoms with Gasteiger partial charge >= 0.3 is 0 Å². The molecule has 5 rings (SSSR count). The Bertz CT molecular complexity index is 1230. The van der Waals surface area contributed by atoms with Crippen LogP contribution in [0.25, 0.3) is 17.1 Å². The standard InChI is InChI=1S/C22H15N5O/c1-3-15-7-8-18-16(10-15)20(17-6-4-5-9-24-17)26-14(2)22-21(25-12-27(18)22)19-11-23-13-28-19/h1,4-14H,2H3/t14-/m1/s1. The molecule has 3 aromatic heterocycles. The number of fused-ring (bicyclic) bond motifs is 3. The van der Waals surface area contributed by atoms with Crippen molar-refractivity contribution in [3.63, 3.8) is 0 Å². The second-order valence-electron chi connectivity index (χ2n) is 6.46. The average molecular weight is 365 g/mol. The molecule has 0 aliphatic carbocycles. The van der Waals surface area contributed by atoms with Gasteiger partial charge in [-0.05, 0) is 37.3 Å². The predicted molar refractivity (Wildman–Crippen MR) is 105 cm³/mol. The van der Waals surface area contributed by atoms with Crippen molar-refractivity contribution in [1.82, 2.24) is 19.5 Å². The summed E-state index contributed by atoms with van der Waals surface area (Å²) in [7, 11) is 0. The van der Waals surface area contributed by atoms with Gasteiger partial charge in [-0.15, -0.1) is 6.42 Å². The fourth-order valence-electron chi connectivity index (χ4n) is 3.53. The van der Waals surface area contributed by atoms with Gasteiger partial charge in [0.25, 0.3) is 0 Å². The summed E-state index contributed by atoms with van der Waals surface area (Å²) in [5.74, 6) is 3.32. The van der Waals surface area contributed by atoms with Crippen molar-refractivity contribution in [3.8, 4) is 29.5 Å². The van der Waals surface area contributed by atoms with E-state index in [4.69, 9.17) is 15.8 Å². The third kappa shape index (κ3) is 2.45. The van der Waals surface area contributed by atoms with E-state index in [1.54, 1.807) is 18.7 Å². The topological polar surface area (TPSA) is 69.1 Å². The highest BCUT2D eigenvalue weighted by Gasteiger charge is 2.28. The van der Waals surface area contributed by atoms with E-state index in [0.29, 0.717) is 5.76 Å². The molecule has 0 amide bonds. The van der Waals surface area contributed by atoms with E-state index >= 15 is 0 Å². The first kappa shape index (κ1) is 16.2. The third-order valence-corrected chi connectivity index (χ3v) is 4.77. The van der Waals surface area contributed by atoms with Crippen molar-refractivity contribution in [2.75, 3.05) is 0 Å². The number of aliphatic imine (C=N–C) groups is 1. The van der Waals surface area contributed by atoms with Gasteiger partial charge < -0.3 is 4.42 Å². The monoisotopic (exact) mass is 365 g/mol. The normalized spacial score (nSPS) is 15.1. The highest BCUT2D eigenvalue weighted by Crippen LogP contribution is 2.36. The molecule has 1 aliphatic rings. The Morgan fingerprint density at radius 2 is 2.11 bits per heavy atom. The largest absolute Gasteiger partial charge is 0.442 e. The summed E-state index contributed by atoms with van der Waals surface area (Å²) in [5, 5.41) is 0. The van der Waals surface area contributed by atoms with Crippen LogP contribution in [-0.4, -0.2) is 25.2 Å². The van der Waals surface area contributed by atoms with Crippen LogP contribution in [0.5, 0.6) is 0 Å². The van der Waals surface area contributed by atoms with Crippen molar-refractivity contribution < 1.29 is 4.42 Å². The molecule has 0 unspecified atom stereocenters. The van der Waals surface area contributed by atoms with Gasteiger partial charge in [0, 0.05) is 17.3 Å². The van der Waals surface area contributed by atoms with Crippen LogP contribution in [0, 0.1) is 12.3 Å². The fraction of sp³-hybridized carbons (Fsp3) is 0.0909. The number of rotatable bonds is 2. The smallest absolute Gasteiger partial charge is 0.181 e. The molecule has 0 saturated carbocycles. The van der Waals surface area contributed by atoms with Crippen molar-refractivity contribution in [1.29, 1.82) is 0 Å². The van der Waals surface area contributed by atoms with Crippen LogP contribution in [0.2, 0.25) is 0 Å². The summed E-state index contributed by atoms with van der Waals surface area (Å²) in [6.45, 7) is 2.03. The van der Waals surface area contributed by atoms with Crippen LogP contribution in [0.15, 0.2) is 70.9 Å². The molecule has 0 spiro atoms. The minimum atomic E-state index is -0.179. The molecular weight excluding hydrogens is 350 g/mol. The Kier molecular flexibility index (Phi) is 3.66. The van der Waals surface area contributed by atoms with Crippen LogP contribution in [0.3, 0.4) is 0 Å². The maximum absolute atomic E-state index is 5.65. The predicted octanol–water partition coefficient (Wildman–Crippen LogP) is 3.82. The van der Waals surface area contributed by atoms with E-state index in [-0.39, 0.29) is 6.04 Å². The number of oxazole rings is 1. The van der Waals surface area contributed by atoms with Crippen LogP contribution >= 0.6 is 0 Å². The summed E-state index contributed by atoms with van der Waals surface area (Å²) in [6.07, 6.45) is 12.3.